The van der Waals surface area contributed by atoms with E-state index in [1.165, 1.54) is 19.2 Å². The van der Waals surface area contributed by atoms with Gasteiger partial charge in [-0.25, -0.2) is 4.79 Å². The molecule has 0 amide bonds. The molecule has 0 N–H and O–H groups in total. The number of hydrogen-bond donors (Lipinski definition) is 0. The van der Waals surface area contributed by atoms with Crippen molar-refractivity contribution in [3.63, 3.8) is 0 Å². The Balaban J connectivity index is 0.00000162. The van der Waals surface area contributed by atoms with E-state index >= 15 is 0 Å². The van der Waals surface area contributed by atoms with Crippen LogP contribution in [0.1, 0.15) is 20.7 Å². The maximum absolute atomic E-state index is 11.3. The fourth-order valence-corrected chi connectivity index (χ4v) is 1.62. The van der Waals surface area contributed by atoms with Crippen molar-refractivity contribution < 1.29 is 49.0 Å². The summed E-state index contributed by atoms with van der Waals surface area (Å²) in [5, 5.41) is 12.2. The quantitative estimate of drug-likeness (QED) is 0.458. The molecule has 4 nitrogen and oxygen atoms in total. The van der Waals surface area contributed by atoms with Crippen LogP contribution < -0.4 is 34.7 Å². The second kappa shape index (κ2) is 6.00. The normalized spacial score (nSPS) is 9.61. The Kier molecular flexibility index (Phi) is 4.90. The van der Waals surface area contributed by atoms with E-state index in [0.717, 1.165) is 5.39 Å². The number of methoxy groups -OCH3 is 1. The Labute approximate surface area is 126 Å². The molecular weight excluding hydrogens is 243 g/mol. The third-order valence-electron chi connectivity index (χ3n) is 2.50. The van der Waals surface area contributed by atoms with Crippen LogP contribution in [0.2, 0.25) is 0 Å². The molecule has 0 aliphatic heterocycles. The second-order valence-electron chi connectivity index (χ2n) is 3.56. The zero-order valence-electron chi connectivity index (χ0n) is 10.1. The van der Waals surface area contributed by atoms with Crippen LogP contribution in [0.25, 0.3) is 10.8 Å². The number of aromatic carboxylic acids is 1. The number of fused-ring (bicyclic) bond motifs is 1. The largest absolute Gasteiger partial charge is 1.00 e. The molecule has 0 atom stereocenters. The number of carbonyl (C=O) groups is 2. The van der Waals surface area contributed by atoms with Crippen molar-refractivity contribution >= 4 is 22.7 Å². The van der Waals surface area contributed by atoms with Crippen LogP contribution in [-0.2, 0) is 4.74 Å². The molecule has 2 rings (SSSR count). The second-order valence-corrected chi connectivity index (χ2v) is 3.56. The number of carboxylic acid groups (broad SMARTS) is 1. The van der Waals surface area contributed by atoms with Crippen molar-refractivity contribution in [1.82, 2.24) is 0 Å². The van der Waals surface area contributed by atoms with Gasteiger partial charge in [-0.1, -0.05) is 18.2 Å². The van der Waals surface area contributed by atoms with Gasteiger partial charge in [-0.15, -0.1) is 0 Å². The summed E-state index contributed by atoms with van der Waals surface area (Å²) >= 11 is 0. The third kappa shape index (κ3) is 2.90. The van der Waals surface area contributed by atoms with Crippen molar-refractivity contribution in [3.8, 4) is 0 Å². The molecule has 0 fully saturated rings. The molecule has 0 unspecified atom stereocenters. The van der Waals surface area contributed by atoms with Crippen LogP contribution in [0.3, 0.4) is 0 Å². The van der Waals surface area contributed by atoms with E-state index in [0.29, 0.717) is 10.9 Å². The van der Waals surface area contributed by atoms with Crippen molar-refractivity contribution in [2.24, 2.45) is 0 Å². The van der Waals surface area contributed by atoms with Crippen molar-refractivity contribution in [2.45, 2.75) is 0 Å². The van der Waals surface area contributed by atoms with Gasteiger partial charge < -0.3 is 14.6 Å². The zero-order valence-corrected chi connectivity index (χ0v) is 12.1. The summed E-state index contributed by atoms with van der Waals surface area (Å²) in [7, 11) is 1.30. The topological polar surface area (TPSA) is 66.4 Å². The summed E-state index contributed by atoms with van der Waals surface area (Å²) in [5.41, 5.74) is 0.468. The predicted octanol–water partition coefficient (Wildman–Crippen LogP) is -2.01. The molecule has 0 radical (unpaired) electrons. The third-order valence-corrected chi connectivity index (χ3v) is 2.50. The SMILES string of the molecule is COC(=O)c1ccc2ccc(C(=O)[O-])cc2c1.[Na+]. The Hall–Kier alpha value is -1.36. The smallest absolute Gasteiger partial charge is 0.545 e. The number of esters is 1. The average Bonchev–Trinajstić information content (AvgIpc) is 2.36. The van der Waals surface area contributed by atoms with Crippen LogP contribution in [-0.4, -0.2) is 19.0 Å². The van der Waals surface area contributed by atoms with E-state index in [9.17, 15) is 14.7 Å². The van der Waals surface area contributed by atoms with Gasteiger partial charge in [0.2, 0.25) is 0 Å². The number of ether oxygens (including phenoxy) is 1. The fraction of sp³-hybridized carbons (Fsp3) is 0.0769. The molecule has 0 heterocycles. The van der Waals surface area contributed by atoms with E-state index < -0.39 is 11.9 Å². The molecule has 0 saturated carbocycles. The van der Waals surface area contributed by atoms with Gasteiger partial charge in [0.1, 0.15) is 0 Å². The summed E-state index contributed by atoms with van der Waals surface area (Å²) < 4.78 is 4.60. The first-order valence-corrected chi connectivity index (χ1v) is 4.95. The summed E-state index contributed by atoms with van der Waals surface area (Å²) in [4.78, 5) is 22.0. The Bertz CT molecular complexity index is 607. The van der Waals surface area contributed by atoms with Crippen LogP contribution >= 0.6 is 0 Å². The monoisotopic (exact) mass is 252 g/mol. The first-order valence-electron chi connectivity index (χ1n) is 4.95. The van der Waals surface area contributed by atoms with Gasteiger partial charge in [0.05, 0.1) is 18.6 Å². The van der Waals surface area contributed by atoms with Gasteiger partial charge in [0.15, 0.2) is 0 Å². The summed E-state index contributed by atoms with van der Waals surface area (Å²) in [6.07, 6.45) is 0. The maximum atomic E-state index is 11.3. The molecule has 0 saturated heterocycles. The van der Waals surface area contributed by atoms with E-state index in [2.05, 4.69) is 4.74 Å². The van der Waals surface area contributed by atoms with Gasteiger partial charge in [-0.2, -0.15) is 0 Å². The van der Waals surface area contributed by atoms with Crippen LogP contribution in [0.4, 0.5) is 0 Å². The minimum Gasteiger partial charge on any atom is -0.545 e. The molecule has 0 spiro atoms. The maximum Gasteiger partial charge on any atom is 1.00 e. The van der Waals surface area contributed by atoms with Gasteiger partial charge >= 0.3 is 35.5 Å². The average molecular weight is 252 g/mol. The minimum atomic E-state index is -1.24. The Morgan fingerprint density at radius 2 is 1.56 bits per heavy atom. The molecule has 2 aromatic rings. The first kappa shape index (κ1) is 14.7. The van der Waals surface area contributed by atoms with Gasteiger partial charge in [0, 0.05) is 0 Å². The van der Waals surface area contributed by atoms with E-state index in [-0.39, 0.29) is 35.1 Å². The molecule has 0 aromatic heterocycles. The molecule has 2 aromatic carbocycles. The summed E-state index contributed by atoms with van der Waals surface area (Å²) in [6.45, 7) is 0. The molecule has 0 bridgehead atoms. The molecule has 0 aliphatic carbocycles. The fourth-order valence-electron chi connectivity index (χ4n) is 1.62. The minimum absolute atomic E-state index is 0. The number of carbonyl (C=O) groups excluding carboxylic acids is 2. The molecular formula is C13H9NaO4. The summed E-state index contributed by atoms with van der Waals surface area (Å²) in [5.74, 6) is -1.69. The predicted molar refractivity (Wildman–Crippen MR) is 59.6 cm³/mol. The number of benzene rings is 2. The van der Waals surface area contributed by atoms with E-state index in [1.807, 2.05) is 0 Å². The van der Waals surface area contributed by atoms with Crippen molar-refractivity contribution in [3.05, 3.63) is 47.5 Å². The van der Waals surface area contributed by atoms with Crippen molar-refractivity contribution in [1.29, 1.82) is 0 Å². The Morgan fingerprint density at radius 3 is 2.11 bits per heavy atom. The van der Waals surface area contributed by atoms with Gasteiger partial charge in [0.25, 0.3) is 0 Å². The van der Waals surface area contributed by atoms with Gasteiger partial charge in [-0.3, -0.25) is 0 Å². The van der Waals surface area contributed by atoms with E-state index in [1.54, 1.807) is 24.3 Å². The van der Waals surface area contributed by atoms with Crippen LogP contribution in [0.15, 0.2) is 36.4 Å². The molecule has 0 aliphatic rings. The number of rotatable bonds is 2. The van der Waals surface area contributed by atoms with Gasteiger partial charge in [-0.05, 0) is 34.5 Å². The standard InChI is InChI=1S/C13H10O4.Na/c1-17-13(16)10-5-3-8-2-4-9(12(14)15)6-11(8)7-10;/h2-7H,1H3,(H,14,15);/q;+1/p-1. The van der Waals surface area contributed by atoms with Crippen LogP contribution in [0.5, 0.6) is 0 Å². The zero-order chi connectivity index (χ0) is 12.4. The number of carboxylic acids is 1. The van der Waals surface area contributed by atoms with Crippen molar-refractivity contribution in [2.75, 3.05) is 7.11 Å². The van der Waals surface area contributed by atoms with Crippen LogP contribution in [0, 0.1) is 0 Å². The molecule has 18 heavy (non-hydrogen) atoms. The molecule has 5 heteroatoms. The van der Waals surface area contributed by atoms with E-state index in [4.69, 9.17) is 0 Å². The summed E-state index contributed by atoms with van der Waals surface area (Å²) in [6, 6.07) is 9.56. The molecule has 86 valence electrons. The Morgan fingerprint density at radius 1 is 1.00 bits per heavy atom. The number of hydrogen-bond acceptors (Lipinski definition) is 4. The first-order chi connectivity index (χ1) is 8.11.